The average molecular weight is 412 g/mol. The number of hydrogen-bond acceptors (Lipinski definition) is 4. The molecule has 0 aromatic heterocycles. The van der Waals surface area contributed by atoms with Crippen LogP contribution in [-0.2, 0) is 4.74 Å². The standard InChI is InChI=1S/C24H33N3O3/c1-3-29-20-10-11-23(30-4-2)22(17-20)27-24(25)26-21(19-8-6-5-7-9-19)16-18-12-14-28-15-13-18/h5-11,17-18,21H,3-4,12-16H2,1-2H3,(H3,25,26,27). The summed E-state index contributed by atoms with van der Waals surface area (Å²) in [5.74, 6) is 2.43. The van der Waals surface area contributed by atoms with Crippen LogP contribution < -0.4 is 20.5 Å². The topological polar surface area (TPSA) is 78.1 Å². The van der Waals surface area contributed by atoms with Crippen LogP contribution in [0.3, 0.4) is 0 Å². The number of aliphatic imine (C=N–C) groups is 1. The Morgan fingerprint density at radius 3 is 2.53 bits per heavy atom. The molecule has 3 rings (SSSR count). The number of anilines is 1. The van der Waals surface area contributed by atoms with Crippen molar-refractivity contribution < 1.29 is 14.2 Å². The molecule has 1 atom stereocenters. The molecule has 1 unspecified atom stereocenters. The first-order valence-electron chi connectivity index (χ1n) is 10.8. The van der Waals surface area contributed by atoms with Crippen LogP contribution in [0.15, 0.2) is 53.5 Å². The molecule has 1 aliphatic rings. The maximum atomic E-state index is 6.36. The van der Waals surface area contributed by atoms with Gasteiger partial charge < -0.3 is 25.3 Å². The van der Waals surface area contributed by atoms with Crippen LogP contribution in [0.5, 0.6) is 11.5 Å². The van der Waals surface area contributed by atoms with E-state index in [0.29, 0.717) is 25.1 Å². The molecule has 2 aromatic carbocycles. The molecule has 0 spiro atoms. The maximum Gasteiger partial charge on any atom is 0.193 e. The summed E-state index contributed by atoms with van der Waals surface area (Å²) < 4.78 is 16.9. The van der Waals surface area contributed by atoms with Crippen molar-refractivity contribution in [3.63, 3.8) is 0 Å². The van der Waals surface area contributed by atoms with Crippen LogP contribution in [0.2, 0.25) is 0 Å². The van der Waals surface area contributed by atoms with E-state index in [1.54, 1.807) is 0 Å². The summed E-state index contributed by atoms with van der Waals surface area (Å²) in [5, 5.41) is 3.23. The van der Waals surface area contributed by atoms with Crippen LogP contribution in [0.25, 0.3) is 0 Å². The minimum absolute atomic E-state index is 0.00702. The molecule has 3 N–H and O–H groups in total. The van der Waals surface area contributed by atoms with Gasteiger partial charge in [0, 0.05) is 19.3 Å². The Morgan fingerprint density at radius 1 is 1.10 bits per heavy atom. The number of nitrogens with one attached hydrogen (secondary N) is 1. The Morgan fingerprint density at radius 2 is 1.83 bits per heavy atom. The van der Waals surface area contributed by atoms with Crippen molar-refractivity contribution in [2.24, 2.45) is 16.6 Å². The highest BCUT2D eigenvalue weighted by Crippen LogP contribution is 2.32. The smallest absolute Gasteiger partial charge is 0.193 e. The van der Waals surface area contributed by atoms with E-state index in [1.165, 1.54) is 5.56 Å². The van der Waals surface area contributed by atoms with Gasteiger partial charge in [0.25, 0.3) is 0 Å². The molecule has 0 aliphatic carbocycles. The van der Waals surface area contributed by atoms with Gasteiger partial charge in [-0.2, -0.15) is 0 Å². The van der Waals surface area contributed by atoms with Gasteiger partial charge in [-0.25, -0.2) is 4.99 Å². The van der Waals surface area contributed by atoms with Crippen LogP contribution in [-0.4, -0.2) is 32.4 Å². The molecule has 1 fully saturated rings. The van der Waals surface area contributed by atoms with Gasteiger partial charge in [0.1, 0.15) is 11.5 Å². The largest absolute Gasteiger partial charge is 0.494 e. The number of rotatable bonds is 9. The third-order valence-electron chi connectivity index (χ3n) is 5.20. The lowest BCUT2D eigenvalue weighted by Crippen LogP contribution is -2.25. The zero-order chi connectivity index (χ0) is 21.2. The fraction of sp³-hybridized carbons (Fsp3) is 0.458. The highest BCUT2D eigenvalue weighted by atomic mass is 16.5. The number of hydrogen-bond donors (Lipinski definition) is 2. The monoisotopic (exact) mass is 411 g/mol. The van der Waals surface area contributed by atoms with Gasteiger partial charge in [0.2, 0.25) is 0 Å². The van der Waals surface area contributed by atoms with Gasteiger partial charge in [-0.1, -0.05) is 30.3 Å². The first kappa shape index (κ1) is 22.0. The van der Waals surface area contributed by atoms with Crippen molar-refractivity contribution in [1.29, 1.82) is 0 Å². The summed E-state index contributed by atoms with van der Waals surface area (Å²) >= 11 is 0. The molecule has 1 aliphatic heterocycles. The van der Waals surface area contributed by atoms with Crippen LogP contribution in [0.4, 0.5) is 5.69 Å². The number of benzene rings is 2. The summed E-state index contributed by atoms with van der Waals surface area (Å²) in [5.41, 5.74) is 8.28. The summed E-state index contributed by atoms with van der Waals surface area (Å²) in [6.07, 6.45) is 3.08. The zero-order valence-electron chi connectivity index (χ0n) is 18.0. The van der Waals surface area contributed by atoms with Gasteiger partial charge in [0.05, 0.1) is 24.9 Å². The summed E-state index contributed by atoms with van der Waals surface area (Å²) in [7, 11) is 0. The summed E-state index contributed by atoms with van der Waals surface area (Å²) in [6.45, 7) is 6.72. The van der Waals surface area contributed by atoms with Gasteiger partial charge in [-0.05, 0) is 56.7 Å². The fourth-order valence-electron chi connectivity index (χ4n) is 3.72. The second kappa shape index (κ2) is 11.5. The average Bonchev–Trinajstić information content (AvgIpc) is 2.77. The quantitative estimate of drug-likeness (QED) is 0.459. The SMILES string of the molecule is CCOc1ccc(OCC)c(NC(N)=NC(CC2CCOCC2)c2ccccc2)c1. The molecule has 6 heteroatoms. The highest BCUT2D eigenvalue weighted by Gasteiger charge is 2.21. The van der Waals surface area contributed by atoms with Crippen molar-refractivity contribution in [3.05, 3.63) is 54.1 Å². The Labute approximate surface area is 179 Å². The van der Waals surface area contributed by atoms with Gasteiger partial charge in [-0.15, -0.1) is 0 Å². The normalized spacial score (nSPS) is 16.1. The van der Waals surface area contributed by atoms with Crippen LogP contribution >= 0.6 is 0 Å². The third kappa shape index (κ3) is 6.39. The Hall–Kier alpha value is -2.73. The predicted molar refractivity (Wildman–Crippen MR) is 121 cm³/mol. The minimum atomic E-state index is -0.00702. The molecule has 1 saturated heterocycles. The predicted octanol–water partition coefficient (Wildman–Crippen LogP) is 4.77. The van der Waals surface area contributed by atoms with E-state index in [9.17, 15) is 0 Å². The Kier molecular flexibility index (Phi) is 8.39. The molecule has 0 bridgehead atoms. The van der Waals surface area contributed by atoms with Crippen molar-refractivity contribution >= 4 is 11.6 Å². The second-order valence-corrected chi connectivity index (χ2v) is 7.38. The third-order valence-corrected chi connectivity index (χ3v) is 5.20. The summed E-state index contributed by atoms with van der Waals surface area (Å²) in [4.78, 5) is 4.86. The lowest BCUT2D eigenvalue weighted by atomic mass is 9.90. The van der Waals surface area contributed by atoms with Crippen LogP contribution in [0.1, 0.15) is 44.7 Å². The van der Waals surface area contributed by atoms with Crippen molar-refractivity contribution in [2.75, 3.05) is 31.7 Å². The van der Waals surface area contributed by atoms with Crippen molar-refractivity contribution in [2.45, 2.75) is 39.2 Å². The van der Waals surface area contributed by atoms with E-state index < -0.39 is 0 Å². The zero-order valence-corrected chi connectivity index (χ0v) is 18.0. The summed E-state index contributed by atoms with van der Waals surface area (Å²) in [6, 6.07) is 16.0. The van der Waals surface area contributed by atoms with Crippen molar-refractivity contribution in [3.8, 4) is 11.5 Å². The molecule has 0 amide bonds. The molecular weight excluding hydrogens is 378 g/mol. The second-order valence-electron chi connectivity index (χ2n) is 7.38. The number of nitrogens with two attached hydrogens (primary N) is 1. The highest BCUT2D eigenvalue weighted by molar-refractivity contribution is 5.94. The van der Waals surface area contributed by atoms with E-state index in [1.807, 2.05) is 50.2 Å². The van der Waals surface area contributed by atoms with E-state index in [0.717, 1.165) is 49.7 Å². The molecule has 162 valence electrons. The minimum Gasteiger partial charge on any atom is -0.494 e. The fourth-order valence-corrected chi connectivity index (χ4v) is 3.72. The van der Waals surface area contributed by atoms with Gasteiger partial charge >= 0.3 is 0 Å². The number of guanidine groups is 1. The Balaban J connectivity index is 1.81. The van der Waals surface area contributed by atoms with E-state index in [4.69, 9.17) is 24.9 Å². The molecule has 0 radical (unpaired) electrons. The first-order chi connectivity index (χ1) is 14.7. The molecule has 0 saturated carbocycles. The van der Waals surface area contributed by atoms with E-state index in [2.05, 4.69) is 17.4 Å². The van der Waals surface area contributed by atoms with Gasteiger partial charge in [-0.3, -0.25) is 0 Å². The molecule has 30 heavy (non-hydrogen) atoms. The lowest BCUT2D eigenvalue weighted by Gasteiger charge is -2.25. The lowest BCUT2D eigenvalue weighted by molar-refractivity contribution is 0.0619. The number of nitrogens with zero attached hydrogens (tertiary/aromatic N) is 1. The Bertz CT molecular complexity index is 805. The molecule has 2 aromatic rings. The van der Waals surface area contributed by atoms with Crippen LogP contribution in [0, 0.1) is 5.92 Å². The molecular formula is C24H33N3O3. The first-order valence-corrected chi connectivity index (χ1v) is 10.8. The van der Waals surface area contributed by atoms with E-state index >= 15 is 0 Å². The van der Waals surface area contributed by atoms with E-state index in [-0.39, 0.29) is 6.04 Å². The molecule has 1 heterocycles. The maximum absolute atomic E-state index is 6.36. The van der Waals surface area contributed by atoms with Crippen molar-refractivity contribution in [1.82, 2.24) is 0 Å². The molecule has 6 nitrogen and oxygen atoms in total. The van der Waals surface area contributed by atoms with Gasteiger partial charge in [0.15, 0.2) is 5.96 Å². The number of ether oxygens (including phenoxy) is 3.